The van der Waals surface area contributed by atoms with Crippen LogP contribution in [0.5, 0.6) is 0 Å². The fourth-order valence-electron chi connectivity index (χ4n) is 4.04. The second-order valence-corrected chi connectivity index (χ2v) is 12.1. The minimum atomic E-state index is -3.57. The third kappa shape index (κ3) is 5.37. The molecule has 33 heavy (non-hydrogen) atoms. The highest BCUT2D eigenvalue weighted by molar-refractivity contribution is 7.89. The maximum Gasteiger partial charge on any atom is 0.243 e. The van der Waals surface area contributed by atoms with Gasteiger partial charge in [0.1, 0.15) is 0 Å². The largest absolute Gasteiger partial charge is 0.376 e. The van der Waals surface area contributed by atoms with Crippen LogP contribution in [-0.2, 0) is 24.8 Å². The molecular weight excluding hydrogens is 464 g/mol. The summed E-state index contributed by atoms with van der Waals surface area (Å²) in [5.41, 5.74) is 0.892. The summed E-state index contributed by atoms with van der Waals surface area (Å²) in [4.78, 5) is 12.8. The number of hydrogen-bond acceptors (Lipinski definition) is 6. The van der Waals surface area contributed by atoms with Crippen LogP contribution in [0.4, 0.5) is 11.4 Å². The summed E-state index contributed by atoms with van der Waals surface area (Å²) in [5, 5.41) is 5.63. The first kappa shape index (κ1) is 23.7. The van der Waals surface area contributed by atoms with Gasteiger partial charge < -0.3 is 10.6 Å². The molecule has 2 N–H and O–H groups in total. The van der Waals surface area contributed by atoms with E-state index in [1.165, 1.54) is 26.8 Å². The van der Waals surface area contributed by atoms with Crippen LogP contribution < -0.4 is 10.6 Å². The molecule has 2 aliphatic heterocycles. The number of hydrogen-bond donors (Lipinski definition) is 2. The molecule has 2 aromatic rings. The Kier molecular flexibility index (Phi) is 7.03. The number of amides is 1. The minimum absolute atomic E-state index is 0.101. The van der Waals surface area contributed by atoms with Crippen molar-refractivity contribution in [2.75, 3.05) is 43.4 Å². The van der Waals surface area contributed by atoms with E-state index < -0.39 is 20.0 Å². The van der Waals surface area contributed by atoms with E-state index >= 15 is 0 Å². The topological polar surface area (TPSA) is 116 Å². The lowest BCUT2D eigenvalue weighted by atomic mass is 10.3. The van der Waals surface area contributed by atoms with Gasteiger partial charge in [-0.3, -0.25) is 4.79 Å². The molecule has 2 aromatic carbocycles. The smallest absolute Gasteiger partial charge is 0.243 e. The van der Waals surface area contributed by atoms with Crippen LogP contribution in [0.25, 0.3) is 0 Å². The molecular formula is C22H28N4O5S2. The zero-order valence-corrected chi connectivity index (χ0v) is 19.9. The minimum Gasteiger partial charge on any atom is -0.376 e. The highest BCUT2D eigenvalue weighted by Gasteiger charge is 2.28. The van der Waals surface area contributed by atoms with Gasteiger partial charge in [0.2, 0.25) is 26.0 Å². The van der Waals surface area contributed by atoms with Gasteiger partial charge in [0.05, 0.1) is 16.3 Å². The van der Waals surface area contributed by atoms with Crippen LogP contribution in [0.1, 0.15) is 25.7 Å². The number of benzene rings is 2. The van der Waals surface area contributed by atoms with Gasteiger partial charge in [-0.1, -0.05) is 12.1 Å². The second kappa shape index (κ2) is 9.80. The van der Waals surface area contributed by atoms with Gasteiger partial charge in [-0.25, -0.2) is 16.8 Å². The van der Waals surface area contributed by atoms with Crippen molar-refractivity contribution in [3.05, 3.63) is 48.5 Å². The van der Waals surface area contributed by atoms with Crippen LogP contribution in [0.15, 0.2) is 58.3 Å². The van der Waals surface area contributed by atoms with Gasteiger partial charge in [0.25, 0.3) is 0 Å². The average molecular weight is 493 g/mol. The Morgan fingerprint density at radius 2 is 1.18 bits per heavy atom. The molecule has 1 amide bonds. The lowest BCUT2D eigenvalue weighted by molar-refractivity contribution is -0.114. The van der Waals surface area contributed by atoms with Crippen molar-refractivity contribution >= 4 is 37.3 Å². The Labute approximate surface area is 194 Å². The third-order valence-electron chi connectivity index (χ3n) is 5.81. The van der Waals surface area contributed by atoms with E-state index in [1.807, 2.05) is 0 Å². The fourth-order valence-corrected chi connectivity index (χ4v) is 7.17. The molecule has 2 heterocycles. The maximum atomic E-state index is 12.7. The Hall–Kier alpha value is -2.47. The van der Waals surface area contributed by atoms with Gasteiger partial charge in [0, 0.05) is 37.6 Å². The molecule has 178 valence electrons. The molecule has 0 aromatic heterocycles. The molecule has 0 bridgehead atoms. The molecule has 2 saturated heterocycles. The van der Waals surface area contributed by atoms with Crippen molar-refractivity contribution in [3.63, 3.8) is 0 Å². The van der Waals surface area contributed by atoms with Gasteiger partial charge in [0.15, 0.2) is 0 Å². The quantitative estimate of drug-likeness (QED) is 0.584. The van der Waals surface area contributed by atoms with Crippen LogP contribution in [0, 0.1) is 0 Å². The van der Waals surface area contributed by atoms with Crippen molar-refractivity contribution < 1.29 is 21.6 Å². The highest BCUT2D eigenvalue weighted by atomic mass is 32.2. The van der Waals surface area contributed by atoms with Crippen LogP contribution in [-0.4, -0.2) is 64.1 Å². The van der Waals surface area contributed by atoms with Crippen molar-refractivity contribution in [1.82, 2.24) is 8.61 Å². The normalized spacial score (nSPS) is 17.8. The van der Waals surface area contributed by atoms with E-state index in [2.05, 4.69) is 10.6 Å². The Bertz CT molecular complexity index is 1220. The van der Waals surface area contributed by atoms with Crippen molar-refractivity contribution in [2.45, 2.75) is 35.5 Å². The summed E-state index contributed by atoms with van der Waals surface area (Å²) >= 11 is 0. The molecule has 0 radical (unpaired) electrons. The lowest BCUT2D eigenvalue weighted by Crippen LogP contribution is -2.28. The van der Waals surface area contributed by atoms with Gasteiger partial charge in [-0.05, 0) is 62.1 Å². The molecule has 0 unspecified atom stereocenters. The van der Waals surface area contributed by atoms with Crippen LogP contribution in [0.2, 0.25) is 0 Å². The summed E-state index contributed by atoms with van der Waals surface area (Å²) in [7, 11) is -7.11. The number of nitrogens with zero attached hydrogens (tertiary/aromatic N) is 2. The molecule has 11 heteroatoms. The maximum absolute atomic E-state index is 12.7. The Morgan fingerprint density at radius 1 is 0.727 bits per heavy atom. The molecule has 0 atom stereocenters. The van der Waals surface area contributed by atoms with E-state index in [0.717, 1.165) is 25.7 Å². The molecule has 4 rings (SSSR count). The first-order valence-corrected chi connectivity index (χ1v) is 13.9. The monoisotopic (exact) mass is 492 g/mol. The summed E-state index contributed by atoms with van der Waals surface area (Å²) in [5.74, 6) is -0.376. The standard InChI is InChI=1S/C22H28N4O5S2/c27-22(24-19-8-6-10-21(16-19)33(30,31)26-13-3-4-14-26)17-23-18-7-5-9-20(15-18)32(28,29)25-11-1-2-12-25/h5-10,15-16,23H,1-4,11-14,17H2,(H,24,27). The van der Waals surface area contributed by atoms with E-state index in [0.29, 0.717) is 37.6 Å². The number of carbonyl (C=O) groups is 1. The van der Waals surface area contributed by atoms with Gasteiger partial charge in [-0.15, -0.1) is 0 Å². The van der Waals surface area contributed by atoms with Crippen molar-refractivity contribution in [2.24, 2.45) is 0 Å². The summed E-state index contributed by atoms with van der Waals surface area (Å²) in [6, 6.07) is 12.6. The van der Waals surface area contributed by atoms with Gasteiger partial charge >= 0.3 is 0 Å². The second-order valence-electron chi connectivity index (χ2n) is 8.18. The van der Waals surface area contributed by atoms with E-state index in [-0.39, 0.29) is 22.2 Å². The lowest BCUT2D eigenvalue weighted by Gasteiger charge is -2.17. The van der Waals surface area contributed by atoms with E-state index in [9.17, 15) is 21.6 Å². The molecule has 0 saturated carbocycles. The summed E-state index contributed by atoms with van der Waals surface area (Å²) in [6.45, 7) is 1.96. The first-order chi connectivity index (χ1) is 15.8. The number of anilines is 2. The molecule has 0 aliphatic carbocycles. The summed E-state index contributed by atoms with van der Waals surface area (Å²) in [6.07, 6.45) is 3.42. The fraction of sp³-hybridized carbons (Fsp3) is 0.409. The number of carbonyl (C=O) groups excluding carboxylic acids is 1. The number of sulfonamides is 2. The van der Waals surface area contributed by atoms with Gasteiger partial charge in [-0.2, -0.15) is 8.61 Å². The predicted octanol–water partition coefficient (Wildman–Crippen LogP) is 2.31. The zero-order valence-electron chi connectivity index (χ0n) is 18.2. The van der Waals surface area contributed by atoms with Crippen LogP contribution >= 0.6 is 0 Å². The number of rotatable bonds is 8. The van der Waals surface area contributed by atoms with Crippen molar-refractivity contribution in [3.8, 4) is 0 Å². The van der Waals surface area contributed by atoms with E-state index in [1.54, 1.807) is 30.3 Å². The SMILES string of the molecule is O=C(CNc1cccc(S(=O)(=O)N2CCCC2)c1)Nc1cccc(S(=O)(=O)N2CCCC2)c1. The molecule has 2 fully saturated rings. The molecule has 2 aliphatic rings. The van der Waals surface area contributed by atoms with Crippen molar-refractivity contribution in [1.29, 1.82) is 0 Å². The first-order valence-electron chi connectivity index (χ1n) is 11.0. The van der Waals surface area contributed by atoms with Crippen LogP contribution in [0.3, 0.4) is 0 Å². The molecule has 0 spiro atoms. The Balaban J connectivity index is 1.38. The Morgan fingerprint density at radius 3 is 1.70 bits per heavy atom. The number of nitrogens with one attached hydrogen (secondary N) is 2. The average Bonchev–Trinajstić information content (AvgIpc) is 3.53. The highest BCUT2D eigenvalue weighted by Crippen LogP contribution is 2.24. The summed E-state index contributed by atoms with van der Waals surface area (Å²) < 4.78 is 53.9. The predicted molar refractivity (Wildman–Crippen MR) is 126 cm³/mol. The molecule has 9 nitrogen and oxygen atoms in total. The third-order valence-corrected chi connectivity index (χ3v) is 9.60. The van der Waals surface area contributed by atoms with E-state index in [4.69, 9.17) is 0 Å². The zero-order chi connectivity index (χ0) is 23.5.